The fourth-order valence-electron chi connectivity index (χ4n) is 2.29. The average molecular weight is 391 g/mol. The predicted octanol–water partition coefficient (Wildman–Crippen LogP) is 4.84. The second-order valence-electron chi connectivity index (χ2n) is 6.07. The summed E-state index contributed by atoms with van der Waals surface area (Å²) in [5.41, 5.74) is -5.74. The molecule has 0 aliphatic heterocycles. The van der Waals surface area contributed by atoms with E-state index in [9.17, 15) is 36.2 Å². The lowest BCUT2D eigenvalue weighted by molar-refractivity contribution is -0.574. The van der Waals surface area contributed by atoms with E-state index in [4.69, 9.17) is 0 Å². The van der Waals surface area contributed by atoms with Crippen LogP contribution in [-0.4, -0.2) is 30.5 Å². The van der Waals surface area contributed by atoms with Crippen molar-refractivity contribution in [2.45, 2.75) is 82.2 Å². The van der Waals surface area contributed by atoms with Crippen LogP contribution in [0.5, 0.6) is 0 Å². The molecule has 0 atom stereocenters. The molecule has 0 amide bonds. The summed E-state index contributed by atoms with van der Waals surface area (Å²) >= 11 is 0. The minimum absolute atomic E-state index is 0.108. The van der Waals surface area contributed by atoms with Crippen molar-refractivity contribution in [1.29, 1.82) is 0 Å². The topological polar surface area (TPSA) is 49.4 Å². The van der Waals surface area contributed by atoms with Crippen molar-refractivity contribution in [3.05, 3.63) is 12.7 Å². The number of unbranched alkanes of at least 4 members (excludes halogenated alkanes) is 9. The number of alkyl halides is 6. The molecule has 0 aromatic rings. The molecular weight excluding hydrogens is 366 g/mol. The highest BCUT2D eigenvalue weighted by molar-refractivity contribution is 5.81. The molecule has 0 aliphatic rings. The van der Waals surface area contributed by atoms with Gasteiger partial charge in [0.05, 0.1) is 6.61 Å². The van der Waals surface area contributed by atoms with Gasteiger partial charge in [-0.25, -0.2) is 0 Å². The normalized spacial score (nSPS) is 12.9. The van der Waals surface area contributed by atoms with Gasteiger partial charge in [0, 0.05) is 0 Å². The number of carbonyl (C=O) groups is 1. The maximum atomic E-state index is 12.4. The predicted molar refractivity (Wildman–Crippen MR) is 82.2 cm³/mol. The monoisotopic (exact) mass is 391 g/mol. The van der Waals surface area contributed by atoms with Crippen molar-refractivity contribution >= 4 is 5.97 Å². The Hall–Kier alpha value is -1.25. The zero-order valence-electron chi connectivity index (χ0n) is 14.6. The van der Waals surface area contributed by atoms with Crippen LogP contribution >= 0.6 is 0 Å². The van der Waals surface area contributed by atoms with Crippen LogP contribution in [0.25, 0.3) is 0 Å². The van der Waals surface area contributed by atoms with E-state index in [1.165, 1.54) is 0 Å². The van der Waals surface area contributed by atoms with Crippen LogP contribution in [0.15, 0.2) is 12.7 Å². The molecule has 0 aromatic carbocycles. The Labute approximate surface area is 149 Å². The van der Waals surface area contributed by atoms with Gasteiger partial charge in [-0.05, 0) is 19.3 Å². The molecule has 26 heavy (non-hydrogen) atoms. The third-order valence-electron chi connectivity index (χ3n) is 3.87. The van der Waals surface area contributed by atoms with Crippen molar-refractivity contribution in [3.63, 3.8) is 0 Å². The van der Waals surface area contributed by atoms with Gasteiger partial charge in [0.1, 0.15) is 0 Å². The largest absolute Gasteiger partial charge is 0.828 e. The third-order valence-corrected chi connectivity index (χ3v) is 3.87. The molecule has 0 heterocycles. The van der Waals surface area contributed by atoms with Crippen LogP contribution in [0.2, 0.25) is 0 Å². The molecule has 0 aromatic heterocycles. The highest BCUT2D eigenvalue weighted by atomic mass is 19.4. The van der Waals surface area contributed by atoms with E-state index in [1.807, 2.05) is 6.08 Å². The van der Waals surface area contributed by atoms with Gasteiger partial charge in [0.15, 0.2) is 5.60 Å². The van der Waals surface area contributed by atoms with Crippen molar-refractivity contribution in [1.82, 2.24) is 0 Å². The van der Waals surface area contributed by atoms with Crippen LogP contribution in [0.3, 0.4) is 0 Å². The van der Waals surface area contributed by atoms with E-state index in [2.05, 4.69) is 11.3 Å². The fourth-order valence-corrected chi connectivity index (χ4v) is 2.29. The Morgan fingerprint density at radius 2 is 1.19 bits per heavy atom. The number of esters is 1. The second kappa shape index (κ2) is 11.5. The van der Waals surface area contributed by atoms with E-state index in [0.717, 1.165) is 51.4 Å². The van der Waals surface area contributed by atoms with Gasteiger partial charge in [-0.2, -0.15) is 26.3 Å². The fraction of sp³-hybridized carbons (Fsp3) is 0.824. The number of halogens is 6. The van der Waals surface area contributed by atoms with Crippen LogP contribution in [0.4, 0.5) is 26.3 Å². The quantitative estimate of drug-likeness (QED) is 0.195. The van der Waals surface area contributed by atoms with E-state index >= 15 is 0 Å². The van der Waals surface area contributed by atoms with Crippen LogP contribution in [0.1, 0.15) is 64.2 Å². The van der Waals surface area contributed by atoms with Crippen molar-refractivity contribution in [3.8, 4) is 0 Å². The first-order chi connectivity index (χ1) is 12.0. The lowest BCUT2D eigenvalue weighted by atomic mass is 10.0. The number of hydrogen-bond acceptors (Lipinski definition) is 3. The number of carbonyl (C=O) groups excluding carboxylic acids is 1. The summed E-state index contributed by atoms with van der Waals surface area (Å²) in [4.78, 5) is 11.1. The lowest BCUT2D eigenvalue weighted by Crippen LogP contribution is -2.71. The Kier molecular flexibility index (Phi) is 10.9. The summed E-state index contributed by atoms with van der Waals surface area (Å²) in [5, 5.41) is 11.0. The summed E-state index contributed by atoms with van der Waals surface area (Å²) in [6.07, 6.45) is -2.18. The summed E-state index contributed by atoms with van der Waals surface area (Å²) in [6, 6.07) is 0. The Bertz CT molecular complexity index is 404. The maximum absolute atomic E-state index is 12.4. The molecule has 9 heteroatoms. The molecular formula is C17H25F6O3-. The molecule has 0 bridgehead atoms. The minimum atomic E-state index is -6.31. The zero-order chi connectivity index (χ0) is 20.3. The number of ether oxygens (including phenoxy) is 1. The molecule has 0 unspecified atom stereocenters. The van der Waals surface area contributed by atoms with E-state index in [0.29, 0.717) is 6.42 Å². The molecule has 0 rings (SSSR count). The van der Waals surface area contributed by atoms with Gasteiger partial charge in [0.25, 0.3) is 0 Å². The Balaban J connectivity index is 3.93. The van der Waals surface area contributed by atoms with Crippen molar-refractivity contribution < 1.29 is 41.0 Å². The Morgan fingerprint density at radius 1 is 0.808 bits per heavy atom. The van der Waals surface area contributed by atoms with E-state index < -0.39 is 30.5 Å². The van der Waals surface area contributed by atoms with Gasteiger partial charge < -0.3 is 9.84 Å². The van der Waals surface area contributed by atoms with Gasteiger partial charge in [-0.15, -0.1) is 6.58 Å². The van der Waals surface area contributed by atoms with Gasteiger partial charge in [-0.3, -0.25) is 4.79 Å². The minimum Gasteiger partial charge on any atom is -0.828 e. The number of allylic oxidation sites excluding steroid dienone is 1. The summed E-state index contributed by atoms with van der Waals surface area (Å²) in [7, 11) is 0. The van der Waals surface area contributed by atoms with Gasteiger partial charge in [-0.1, -0.05) is 51.0 Å². The molecule has 0 saturated carbocycles. The average Bonchev–Trinajstić information content (AvgIpc) is 2.52. The molecule has 3 nitrogen and oxygen atoms in total. The summed E-state index contributed by atoms with van der Waals surface area (Å²) in [6.45, 7) is 2.99. The number of hydrogen-bond donors (Lipinski definition) is 0. The van der Waals surface area contributed by atoms with Crippen LogP contribution in [-0.2, 0) is 9.53 Å². The lowest BCUT2D eigenvalue weighted by Gasteiger charge is -2.40. The summed E-state index contributed by atoms with van der Waals surface area (Å²) < 4.78 is 78.1. The molecule has 154 valence electrons. The van der Waals surface area contributed by atoms with Gasteiger partial charge >= 0.3 is 18.3 Å². The molecule has 0 aliphatic carbocycles. The first-order valence-corrected chi connectivity index (χ1v) is 8.60. The van der Waals surface area contributed by atoms with E-state index in [1.54, 1.807) is 0 Å². The SMILES string of the molecule is C=CCCCCCCCCCCCOC(=O)C([O-])(C(F)(F)F)C(F)(F)F. The highest BCUT2D eigenvalue weighted by Gasteiger charge is 2.68. The standard InChI is InChI=1S/C17H25F6O3/c1-2-3-4-5-6-7-8-9-10-11-12-13-26-14(24)15(25,16(18,19)20)17(21,22)23/h2H,1,3-13H2/q-1. The Morgan fingerprint density at radius 3 is 1.58 bits per heavy atom. The molecule has 0 saturated heterocycles. The third kappa shape index (κ3) is 7.97. The van der Waals surface area contributed by atoms with Crippen LogP contribution < -0.4 is 5.11 Å². The zero-order valence-corrected chi connectivity index (χ0v) is 14.6. The first kappa shape index (κ1) is 24.8. The van der Waals surface area contributed by atoms with Crippen molar-refractivity contribution in [2.24, 2.45) is 0 Å². The van der Waals surface area contributed by atoms with E-state index in [-0.39, 0.29) is 6.42 Å². The first-order valence-electron chi connectivity index (χ1n) is 8.60. The molecule has 0 fully saturated rings. The molecule has 0 radical (unpaired) electrons. The number of rotatable bonds is 13. The molecule has 0 spiro atoms. The highest BCUT2D eigenvalue weighted by Crippen LogP contribution is 2.41. The second-order valence-corrected chi connectivity index (χ2v) is 6.07. The maximum Gasteiger partial charge on any atom is 0.399 e. The van der Waals surface area contributed by atoms with Crippen molar-refractivity contribution in [2.75, 3.05) is 6.61 Å². The summed E-state index contributed by atoms with van der Waals surface area (Å²) in [5.74, 6) is -2.85. The smallest absolute Gasteiger partial charge is 0.399 e. The molecule has 0 N–H and O–H groups in total. The van der Waals surface area contributed by atoms with Crippen LogP contribution in [0, 0.1) is 0 Å². The van der Waals surface area contributed by atoms with Gasteiger partial charge in [0.2, 0.25) is 0 Å².